The van der Waals surface area contributed by atoms with E-state index >= 15 is 0 Å². The number of nitrogens with zero attached hydrogens (tertiary/aromatic N) is 1. The van der Waals surface area contributed by atoms with Gasteiger partial charge in [-0.3, -0.25) is 4.79 Å². The second-order valence-electron chi connectivity index (χ2n) is 5.56. The Hall–Kier alpha value is -1.94. The number of halogens is 2. The third kappa shape index (κ3) is 5.52. The molecule has 144 valence electrons. The number of hydrogen-bond donors (Lipinski definition) is 1. The molecule has 0 aromatic heterocycles. The van der Waals surface area contributed by atoms with E-state index in [1.165, 1.54) is 26.2 Å². The number of hydrogen-bond acceptors (Lipinski definition) is 5. The van der Waals surface area contributed by atoms with Crippen molar-refractivity contribution in [2.24, 2.45) is 0 Å². The smallest absolute Gasteiger partial charge is 0.338 e. The number of amides is 1. The minimum absolute atomic E-state index is 0.0202. The van der Waals surface area contributed by atoms with Crippen LogP contribution in [0.3, 0.4) is 0 Å². The molecule has 0 spiro atoms. The van der Waals surface area contributed by atoms with Crippen molar-refractivity contribution in [3.63, 3.8) is 0 Å². The number of benzene rings is 2. The third-order valence-corrected chi connectivity index (χ3v) is 6.21. The zero-order valence-electron chi connectivity index (χ0n) is 14.4. The SMILES string of the molecule is CN(C)S(=O)(=O)c1cc(C(=O)OCC(=O)Nc2ccc(Br)cc2)ccc1Cl. The number of carbonyl (C=O) groups is 2. The normalized spacial score (nSPS) is 11.3. The summed E-state index contributed by atoms with van der Waals surface area (Å²) in [6.07, 6.45) is 0. The van der Waals surface area contributed by atoms with Crippen LogP contribution >= 0.6 is 27.5 Å². The topological polar surface area (TPSA) is 92.8 Å². The van der Waals surface area contributed by atoms with E-state index < -0.39 is 28.5 Å². The predicted molar refractivity (Wildman–Crippen MR) is 105 cm³/mol. The van der Waals surface area contributed by atoms with Crippen LogP contribution in [0.25, 0.3) is 0 Å². The highest BCUT2D eigenvalue weighted by Gasteiger charge is 2.23. The zero-order chi connectivity index (χ0) is 20.2. The summed E-state index contributed by atoms with van der Waals surface area (Å²) in [5, 5.41) is 2.55. The van der Waals surface area contributed by atoms with Crippen molar-refractivity contribution in [2.45, 2.75) is 4.90 Å². The molecule has 0 unspecified atom stereocenters. The number of carbonyl (C=O) groups excluding carboxylic acids is 2. The molecule has 7 nitrogen and oxygen atoms in total. The van der Waals surface area contributed by atoms with Crippen LogP contribution in [0.1, 0.15) is 10.4 Å². The summed E-state index contributed by atoms with van der Waals surface area (Å²) >= 11 is 9.22. The maximum absolute atomic E-state index is 12.2. The summed E-state index contributed by atoms with van der Waals surface area (Å²) in [6, 6.07) is 10.6. The van der Waals surface area contributed by atoms with Gasteiger partial charge >= 0.3 is 5.97 Å². The van der Waals surface area contributed by atoms with Gasteiger partial charge in [0.1, 0.15) is 4.90 Å². The van der Waals surface area contributed by atoms with Crippen molar-refractivity contribution in [3.05, 3.63) is 57.5 Å². The number of sulfonamides is 1. The predicted octanol–water partition coefficient (Wildman–Crippen LogP) is 3.15. The Labute approximate surface area is 170 Å². The summed E-state index contributed by atoms with van der Waals surface area (Å²) in [5.74, 6) is -1.37. The van der Waals surface area contributed by atoms with Crippen molar-refractivity contribution in [3.8, 4) is 0 Å². The number of esters is 1. The Morgan fingerprint density at radius 1 is 1.15 bits per heavy atom. The minimum Gasteiger partial charge on any atom is -0.452 e. The molecule has 0 heterocycles. The molecular formula is C17H16BrClN2O5S. The maximum atomic E-state index is 12.2. The van der Waals surface area contributed by atoms with Gasteiger partial charge < -0.3 is 10.1 Å². The number of rotatable bonds is 6. The second-order valence-corrected chi connectivity index (χ2v) is 9.01. The third-order valence-electron chi connectivity index (χ3n) is 3.39. The Kier molecular flexibility index (Phi) is 6.99. The van der Waals surface area contributed by atoms with E-state index in [0.29, 0.717) is 5.69 Å². The lowest BCUT2D eigenvalue weighted by Gasteiger charge is -2.13. The molecule has 0 saturated carbocycles. The minimum atomic E-state index is -3.83. The average molecular weight is 476 g/mol. The van der Waals surface area contributed by atoms with Gasteiger partial charge in [0.2, 0.25) is 10.0 Å². The lowest BCUT2D eigenvalue weighted by Crippen LogP contribution is -2.23. The lowest BCUT2D eigenvalue weighted by molar-refractivity contribution is -0.119. The molecule has 2 aromatic rings. The van der Waals surface area contributed by atoms with E-state index in [4.69, 9.17) is 16.3 Å². The summed E-state index contributed by atoms with van der Waals surface area (Å²) in [4.78, 5) is 23.8. The van der Waals surface area contributed by atoms with E-state index in [-0.39, 0.29) is 15.5 Å². The van der Waals surface area contributed by atoms with Gasteiger partial charge in [0.15, 0.2) is 6.61 Å². The molecule has 1 N–H and O–H groups in total. The summed E-state index contributed by atoms with van der Waals surface area (Å²) in [6.45, 7) is -0.521. The average Bonchev–Trinajstić information content (AvgIpc) is 2.61. The van der Waals surface area contributed by atoms with E-state index in [2.05, 4.69) is 21.2 Å². The van der Waals surface area contributed by atoms with Crippen molar-refractivity contribution >= 4 is 55.1 Å². The van der Waals surface area contributed by atoms with E-state index in [1.807, 2.05) is 0 Å². The van der Waals surface area contributed by atoms with Crippen LogP contribution in [-0.2, 0) is 19.6 Å². The van der Waals surface area contributed by atoms with Gasteiger partial charge in [0.25, 0.3) is 5.91 Å². The number of nitrogens with one attached hydrogen (secondary N) is 1. The van der Waals surface area contributed by atoms with Gasteiger partial charge in [-0.05, 0) is 42.5 Å². The fourth-order valence-electron chi connectivity index (χ4n) is 1.97. The van der Waals surface area contributed by atoms with Gasteiger partial charge in [0, 0.05) is 24.3 Å². The van der Waals surface area contributed by atoms with E-state index in [9.17, 15) is 18.0 Å². The van der Waals surface area contributed by atoms with Crippen molar-refractivity contribution in [1.82, 2.24) is 4.31 Å². The monoisotopic (exact) mass is 474 g/mol. The van der Waals surface area contributed by atoms with Crippen molar-refractivity contribution < 1.29 is 22.7 Å². The Balaban J connectivity index is 2.06. The fraction of sp³-hybridized carbons (Fsp3) is 0.176. The molecule has 0 atom stereocenters. The molecule has 0 fully saturated rings. The van der Waals surface area contributed by atoms with Crippen molar-refractivity contribution in [2.75, 3.05) is 26.0 Å². The second kappa shape index (κ2) is 8.83. The molecule has 1 amide bonds. The van der Waals surface area contributed by atoms with Gasteiger partial charge in [-0.15, -0.1) is 0 Å². The molecule has 0 bridgehead atoms. The quantitative estimate of drug-likeness (QED) is 0.648. The molecule has 10 heteroatoms. The maximum Gasteiger partial charge on any atom is 0.338 e. The van der Waals surface area contributed by atoms with Gasteiger partial charge in [0.05, 0.1) is 10.6 Å². The van der Waals surface area contributed by atoms with Crippen LogP contribution in [0.4, 0.5) is 5.69 Å². The summed E-state index contributed by atoms with van der Waals surface area (Å²) < 4.78 is 31.3. The van der Waals surface area contributed by atoms with Crippen LogP contribution in [0, 0.1) is 0 Å². The van der Waals surface area contributed by atoms with Crippen molar-refractivity contribution in [1.29, 1.82) is 0 Å². The van der Waals surface area contributed by atoms with E-state index in [1.54, 1.807) is 24.3 Å². The molecule has 0 aliphatic carbocycles. The first-order valence-corrected chi connectivity index (χ1v) is 10.2. The Morgan fingerprint density at radius 3 is 2.37 bits per heavy atom. The number of anilines is 1. The molecule has 0 radical (unpaired) electrons. The summed E-state index contributed by atoms with van der Waals surface area (Å²) in [5.41, 5.74) is 0.515. The first-order valence-electron chi connectivity index (χ1n) is 7.56. The van der Waals surface area contributed by atoms with Crippen LogP contribution in [0.5, 0.6) is 0 Å². The molecule has 2 aromatic carbocycles. The molecular weight excluding hydrogens is 460 g/mol. The molecule has 0 aliphatic heterocycles. The standard InChI is InChI=1S/C17H16BrClN2O5S/c1-21(2)27(24,25)15-9-11(3-8-14(15)19)17(23)26-10-16(22)20-13-6-4-12(18)5-7-13/h3-9H,10H2,1-2H3,(H,20,22). The Bertz CT molecular complexity index is 962. The lowest BCUT2D eigenvalue weighted by atomic mass is 10.2. The molecule has 2 rings (SSSR count). The number of ether oxygens (including phenoxy) is 1. The summed E-state index contributed by atoms with van der Waals surface area (Å²) in [7, 11) is -1.13. The molecule has 0 aliphatic rings. The highest BCUT2D eigenvalue weighted by atomic mass is 79.9. The highest BCUT2D eigenvalue weighted by molar-refractivity contribution is 9.10. The first-order chi connectivity index (χ1) is 12.6. The van der Waals surface area contributed by atoms with Crippen LogP contribution in [-0.4, -0.2) is 45.3 Å². The van der Waals surface area contributed by atoms with Crippen LogP contribution < -0.4 is 5.32 Å². The highest BCUT2D eigenvalue weighted by Crippen LogP contribution is 2.25. The largest absolute Gasteiger partial charge is 0.452 e. The zero-order valence-corrected chi connectivity index (χ0v) is 17.6. The molecule has 27 heavy (non-hydrogen) atoms. The molecule has 0 saturated heterocycles. The van der Waals surface area contributed by atoms with Gasteiger partial charge in [-0.2, -0.15) is 0 Å². The Morgan fingerprint density at radius 2 is 1.78 bits per heavy atom. The van der Waals surface area contributed by atoms with Gasteiger partial charge in [-0.1, -0.05) is 27.5 Å². The van der Waals surface area contributed by atoms with Crippen LogP contribution in [0.2, 0.25) is 5.02 Å². The van der Waals surface area contributed by atoms with Gasteiger partial charge in [-0.25, -0.2) is 17.5 Å². The van der Waals surface area contributed by atoms with E-state index in [0.717, 1.165) is 14.8 Å². The van der Waals surface area contributed by atoms with Crippen LogP contribution in [0.15, 0.2) is 51.8 Å². The first kappa shape index (κ1) is 21.4. The fourth-order valence-corrected chi connectivity index (χ4v) is 3.63.